The van der Waals surface area contributed by atoms with Crippen LogP contribution < -0.4 is 0 Å². The summed E-state index contributed by atoms with van der Waals surface area (Å²) in [7, 11) is 0. The smallest absolute Gasteiger partial charge is 0.310 e. The van der Waals surface area contributed by atoms with Gasteiger partial charge < -0.3 is 9.47 Å². The second kappa shape index (κ2) is 7.55. The van der Waals surface area contributed by atoms with Gasteiger partial charge in [0.05, 0.1) is 13.0 Å². The average Bonchev–Trinajstić information content (AvgIpc) is 2.48. The van der Waals surface area contributed by atoms with E-state index in [9.17, 15) is 9.18 Å². The highest BCUT2D eigenvalue weighted by Crippen LogP contribution is 2.30. The molecule has 0 spiro atoms. The van der Waals surface area contributed by atoms with E-state index in [1.165, 1.54) is 0 Å². The summed E-state index contributed by atoms with van der Waals surface area (Å²) in [6, 6.07) is 3.61. The number of hydrogen-bond acceptors (Lipinski definition) is 3. The predicted molar refractivity (Wildman–Crippen MR) is 78.9 cm³/mol. The monoisotopic (exact) mass is 294 g/mol. The van der Waals surface area contributed by atoms with Crippen LogP contribution >= 0.6 is 0 Å². The number of carbonyl (C=O) groups is 1. The van der Waals surface area contributed by atoms with E-state index in [4.69, 9.17) is 9.47 Å². The molecule has 0 unspecified atom stereocenters. The van der Waals surface area contributed by atoms with Gasteiger partial charge in [0.15, 0.2) is 0 Å². The van der Waals surface area contributed by atoms with E-state index in [0.29, 0.717) is 24.5 Å². The van der Waals surface area contributed by atoms with E-state index in [1.54, 1.807) is 13.0 Å². The van der Waals surface area contributed by atoms with Gasteiger partial charge in [-0.25, -0.2) is 4.39 Å². The first kappa shape index (κ1) is 16.0. The zero-order chi connectivity index (χ0) is 15.2. The minimum Gasteiger partial charge on any atom is -0.466 e. The van der Waals surface area contributed by atoms with E-state index >= 15 is 0 Å². The lowest BCUT2D eigenvalue weighted by Gasteiger charge is -2.23. The molecule has 21 heavy (non-hydrogen) atoms. The molecule has 0 bridgehead atoms. The molecule has 0 N–H and O–H groups in total. The fourth-order valence-corrected chi connectivity index (χ4v) is 2.90. The van der Waals surface area contributed by atoms with Crippen molar-refractivity contribution in [1.82, 2.24) is 0 Å². The second-order valence-corrected chi connectivity index (χ2v) is 5.36. The maximum absolute atomic E-state index is 14.3. The molecule has 1 aromatic rings. The first-order valence-electron chi connectivity index (χ1n) is 7.70. The molecule has 116 valence electrons. The molecular formula is C17H23FO3. The van der Waals surface area contributed by atoms with Crippen molar-refractivity contribution >= 4 is 5.97 Å². The number of hydrogen-bond donors (Lipinski definition) is 0. The normalized spacial score (nSPS) is 16.0. The molecule has 3 nitrogen and oxygen atoms in total. The molecule has 1 aliphatic rings. The van der Waals surface area contributed by atoms with Gasteiger partial charge in [-0.2, -0.15) is 0 Å². The molecule has 0 aliphatic carbocycles. The average molecular weight is 294 g/mol. The Labute approximate surface area is 125 Å². The topological polar surface area (TPSA) is 35.5 Å². The highest BCUT2D eigenvalue weighted by atomic mass is 19.1. The number of carbonyl (C=O) groups excluding carboxylic acids is 1. The van der Waals surface area contributed by atoms with Crippen molar-refractivity contribution in [1.29, 1.82) is 0 Å². The highest BCUT2D eigenvalue weighted by molar-refractivity contribution is 5.73. The van der Waals surface area contributed by atoms with Gasteiger partial charge in [0.1, 0.15) is 5.82 Å². The van der Waals surface area contributed by atoms with Gasteiger partial charge in [0.2, 0.25) is 0 Å². The molecule has 4 heteroatoms. The van der Waals surface area contributed by atoms with Crippen LogP contribution in [0.3, 0.4) is 0 Å². The standard InChI is InChI=1S/C17H23FO3/c1-3-15-14(11-17(19)21-4-2)9-13(10-16(15)18)12-5-7-20-8-6-12/h9-10,12H,3-8,11H2,1-2H3. The number of halogens is 1. The fourth-order valence-electron chi connectivity index (χ4n) is 2.90. The van der Waals surface area contributed by atoms with Crippen molar-refractivity contribution in [2.45, 2.75) is 45.4 Å². The summed E-state index contributed by atoms with van der Waals surface area (Å²) in [5.41, 5.74) is 2.36. The summed E-state index contributed by atoms with van der Waals surface area (Å²) in [4.78, 5) is 11.7. The summed E-state index contributed by atoms with van der Waals surface area (Å²) in [5.74, 6) is -0.184. The first-order chi connectivity index (χ1) is 10.2. The van der Waals surface area contributed by atoms with Crippen LogP contribution in [0.2, 0.25) is 0 Å². The summed E-state index contributed by atoms with van der Waals surface area (Å²) in [5, 5.41) is 0. The number of ether oxygens (including phenoxy) is 2. The quantitative estimate of drug-likeness (QED) is 0.781. The minimum absolute atomic E-state index is 0.144. The number of rotatable bonds is 5. The van der Waals surface area contributed by atoms with Crippen molar-refractivity contribution in [2.24, 2.45) is 0 Å². The van der Waals surface area contributed by atoms with Crippen LogP contribution in [-0.4, -0.2) is 25.8 Å². The van der Waals surface area contributed by atoms with Crippen LogP contribution in [0.1, 0.15) is 49.3 Å². The predicted octanol–water partition coefficient (Wildman–Crippen LogP) is 3.39. The minimum atomic E-state index is -0.296. The molecule has 1 fully saturated rings. The maximum atomic E-state index is 14.3. The van der Waals surface area contributed by atoms with Gasteiger partial charge in [0.25, 0.3) is 0 Å². The molecule has 0 atom stereocenters. The van der Waals surface area contributed by atoms with Crippen LogP contribution in [0.15, 0.2) is 12.1 Å². The molecule has 1 aliphatic heterocycles. The fraction of sp³-hybridized carbons (Fsp3) is 0.588. The Balaban J connectivity index is 2.27. The molecule has 0 aromatic heterocycles. The first-order valence-corrected chi connectivity index (χ1v) is 7.70. The van der Waals surface area contributed by atoms with Gasteiger partial charge in [0, 0.05) is 13.2 Å². The van der Waals surface area contributed by atoms with E-state index in [-0.39, 0.29) is 18.2 Å². The molecule has 0 amide bonds. The second-order valence-electron chi connectivity index (χ2n) is 5.36. The molecule has 1 saturated heterocycles. The zero-order valence-electron chi connectivity index (χ0n) is 12.8. The van der Waals surface area contributed by atoms with E-state index < -0.39 is 0 Å². The lowest BCUT2D eigenvalue weighted by atomic mass is 9.88. The summed E-state index contributed by atoms with van der Waals surface area (Å²) < 4.78 is 24.7. The van der Waals surface area contributed by atoms with Crippen LogP contribution in [0.25, 0.3) is 0 Å². The summed E-state index contributed by atoms with van der Waals surface area (Å²) in [6.45, 7) is 5.46. The number of benzene rings is 1. The Morgan fingerprint density at radius 1 is 1.33 bits per heavy atom. The Morgan fingerprint density at radius 3 is 2.67 bits per heavy atom. The Kier molecular flexibility index (Phi) is 5.74. The van der Waals surface area contributed by atoms with Gasteiger partial charge in [-0.05, 0) is 54.9 Å². The van der Waals surface area contributed by atoms with Crippen LogP contribution in [0, 0.1) is 5.82 Å². The van der Waals surface area contributed by atoms with Crippen molar-refractivity contribution in [2.75, 3.05) is 19.8 Å². The van der Waals surface area contributed by atoms with Gasteiger partial charge in [-0.3, -0.25) is 4.79 Å². The van der Waals surface area contributed by atoms with Crippen LogP contribution in [0.5, 0.6) is 0 Å². The Bertz CT molecular complexity index is 493. The molecular weight excluding hydrogens is 271 g/mol. The molecule has 1 aromatic carbocycles. The zero-order valence-corrected chi connectivity index (χ0v) is 12.8. The van der Waals surface area contributed by atoms with Crippen LogP contribution in [0.4, 0.5) is 4.39 Å². The number of esters is 1. The SMILES string of the molecule is CCOC(=O)Cc1cc(C2CCOCC2)cc(F)c1CC. The van der Waals surface area contributed by atoms with Gasteiger partial charge in [-0.15, -0.1) is 0 Å². The Hall–Kier alpha value is -1.42. The third-order valence-electron chi connectivity index (χ3n) is 4.00. The van der Waals surface area contributed by atoms with Crippen molar-refractivity contribution in [3.63, 3.8) is 0 Å². The Morgan fingerprint density at radius 2 is 2.05 bits per heavy atom. The van der Waals surface area contributed by atoms with Gasteiger partial charge >= 0.3 is 5.97 Å². The van der Waals surface area contributed by atoms with E-state index in [1.807, 2.05) is 13.0 Å². The van der Waals surface area contributed by atoms with Crippen molar-refractivity contribution < 1.29 is 18.7 Å². The lowest BCUT2D eigenvalue weighted by molar-refractivity contribution is -0.142. The summed E-state index contributed by atoms with van der Waals surface area (Å²) >= 11 is 0. The van der Waals surface area contributed by atoms with E-state index in [0.717, 1.165) is 37.2 Å². The maximum Gasteiger partial charge on any atom is 0.310 e. The third kappa shape index (κ3) is 4.03. The van der Waals surface area contributed by atoms with Crippen molar-refractivity contribution in [3.8, 4) is 0 Å². The van der Waals surface area contributed by atoms with E-state index in [2.05, 4.69) is 0 Å². The lowest BCUT2D eigenvalue weighted by Crippen LogP contribution is -2.16. The van der Waals surface area contributed by atoms with Crippen LogP contribution in [-0.2, 0) is 27.1 Å². The van der Waals surface area contributed by atoms with Crippen molar-refractivity contribution in [3.05, 3.63) is 34.6 Å². The molecule has 0 radical (unpaired) electrons. The molecule has 0 saturated carbocycles. The molecule has 2 rings (SSSR count). The molecule has 1 heterocycles. The highest BCUT2D eigenvalue weighted by Gasteiger charge is 2.20. The largest absolute Gasteiger partial charge is 0.466 e. The summed E-state index contributed by atoms with van der Waals surface area (Å²) in [6.07, 6.45) is 2.53. The third-order valence-corrected chi connectivity index (χ3v) is 4.00. The van der Waals surface area contributed by atoms with Gasteiger partial charge in [-0.1, -0.05) is 13.0 Å².